The molecule has 0 radical (unpaired) electrons. The van der Waals surface area contributed by atoms with Crippen LogP contribution in [0.2, 0.25) is 0 Å². The van der Waals surface area contributed by atoms with Gasteiger partial charge in [-0.05, 0) is 18.2 Å². The van der Waals surface area contributed by atoms with Crippen LogP contribution in [0.1, 0.15) is 12.0 Å². The Morgan fingerprint density at radius 1 is 1.53 bits per heavy atom. The minimum Gasteiger partial charge on any atom is -0.488 e. The summed E-state index contributed by atoms with van der Waals surface area (Å²) in [6.07, 6.45) is -1.94. The molecule has 100 valence electrons. The third kappa shape index (κ3) is 3.14. The molecular weight excluding hydrogens is 248 g/mol. The molecule has 0 spiro atoms. The number of benzene rings is 1. The fourth-order valence-electron chi connectivity index (χ4n) is 2.04. The summed E-state index contributed by atoms with van der Waals surface area (Å²) in [7, 11) is 0. The van der Waals surface area contributed by atoms with Gasteiger partial charge in [0.05, 0.1) is 18.2 Å². The smallest absolute Gasteiger partial charge is 0.407 e. The minimum atomic E-state index is -1.04. The van der Waals surface area contributed by atoms with Crippen molar-refractivity contribution in [3.63, 3.8) is 0 Å². The number of carboxylic acid groups (broad SMARTS) is 1. The van der Waals surface area contributed by atoms with E-state index in [9.17, 15) is 9.90 Å². The lowest BCUT2D eigenvalue weighted by molar-refractivity contribution is -0.0200. The number of aliphatic hydroxyl groups is 1. The van der Waals surface area contributed by atoms with Crippen LogP contribution in [0.15, 0.2) is 24.3 Å². The summed E-state index contributed by atoms with van der Waals surface area (Å²) in [5.41, 5.74) is 0.481. The Morgan fingerprint density at radius 3 is 2.95 bits per heavy atom. The van der Waals surface area contributed by atoms with E-state index in [1.54, 1.807) is 24.3 Å². The number of likely N-dealkylation sites (tertiary alicyclic amines) is 1. The molecule has 1 fully saturated rings. The van der Waals surface area contributed by atoms with Crippen molar-refractivity contribution in [1.82, 2.24) is 4.90 Å². The maximum atomic E-state index is 10.8. The number of amides is 1. The second kappa shape index (κ2) is 5.59. The lowest BCUT2D eigenvalue weighted by Crippen LogP contribution is -2.50. The van der Waals surface area contributed by atoms with E-state index in [1.807, 2.05) is 6.07 Å². The van der Waals surface area contributed by atoms with Gasteiger partial charge in [-0.25, -0.2) is 4.79 Å². The predicted octanol–water partition coefficient (Wildman–Crippen LogP) is 1.05. The molecule has 6 nitrogen and oxygen atoms in total. The number of hydrogen-bond acceptors (Lipinski definition) is 4. The molecule has 6 heteroatoms. The average molecular weight is 262 g/mol. The number of piperidine rings is 1. The van der Waals surface area contributed by atoms with Crippen LogP contribution in [0, 0.1) is 11.3 Å². The molecule has 1 amide bonds. The van der Waals surface area contributed by atoms with E-state index in [0.717, 1.165) is 4.90 Å². The van der Waals surface area contributed by atoms with E-state index in [4.69, 9.17) is 15.1 Å². The molecule has 1 saturated heterocycles. The summed E-state index contributed by atoms with van der Waals surface area (Å²) in [6.45, 7) is 0.368. The molecule has 1 aromatic rings. The lowest BCUT2D eigenvalue weighted by atomic mass is 10.1. The van der Waals surface area contributed by atoms with Crippen molar-refractivity contribution in [1.29, 1.82) is 5.26 Å². The number of nitrogens with zero attached hydrogens (tertiary/aromatic N) is 2. The number of rotatable bonds is 2. The summed E-state index contributed by atoms with van der Waals surface area (Å²) >= 11 is 0. The van der Waals surface area contributed by atoms with Gasteiger partial charge in [0.2, 0.25) is 0 Å². The van der Waals surface area contributed by atoms with Crippen LogP contribution in [0.4, 0.5) is 4.79 Å². The fraction of sp³-hybridized carbons (Fsp3) is 0.385. The second-order valence-corrected chi connectivity index (χ2v) is 4.38. The van der Waals surface area contributed by atoms with Crippen LogP contribution >= 0.6 is 0 Å². The molecule has 0 aliphatic carbocycles. The van der Waals surface area contributed by atoms with Crippen LogP contribution in [0.3, 0.4) is 0 Å². The third-order valence-corrected chi connectivity index (χ3v) is 3.04. The molecule has 0 aromatic heterocycles. The van der Waals surface area contributed by atoms with E-state index >= 15 is 0 Å². The highest BCUT2D eigenvalue weighted by atomic mass is 16.5. The topological polar surface area (TPSA) is 93.8 Å². The van der Waals surface area contributed by atoms with Crippen molar-refractivity contribution in [2.75, 3.05) is 13.1 Å². The third-order valence-electron chi connectivity index (χ3n) is 3.04. The SMILES string of the molecule is N#Cc1cccc(OC2CCN(C(=O)O)CC2O)c1. The van der Waals surface area contributed by atoms with Crippen molar-refractivity contribution in [2.24, 2.45) is 0 Å². The van der Waals surface area contributed by atoms with Gasteiger partial charge in [-0.15, -0.1) is 0 Å². The van der Waals surface area contributed by atoms with Crippen molar-refractivity contribution in [3.05, 3.63) is 29.8 Å². The zero-order chi connectivity index (χ0) is 13.8. The van der Waals surface area contributed by atoms with Gasteiger partial charge >= 0.3 is 6.09 Å². The first-order chi connectivity index (χ1) is 9.10. The minimum absolute atomic E-state index is 0.0396. The van der Waals surface area contributed by atoms with Gasteiger partial charge in [-0.3, -0.25) is 0 Å². The molecule has 2 unspecified atom stereocenters. The Kier molecular flexibility index (Phi) is 3.88. The van der Waals surface area contributed by atoms with Gasteiger partial charge in [-0.2, -0.15) is 5.26 Å². The summed E-state index contributed by atoms with van der Waals surface area (Å²) in [5.74, 6) is 0.506. The number of hydrogen-bond donors (Lipinski definition) is 2. The molecule has 2 atom stereocenters. The highest BCUT2D eigenvalue weighted by Gasteiger charge is 2.31. The maximum absolute atomic E-state index is 10.8. The Labute approximate surface area is 110 Å². The zero-order valence-corrected chi connectivity index (χ0v) is 10.2. The predicted molar refractivity (Wildman–Crippen MR) is 65.8 cm³/mol. The Morgan fingerprint density at radius 2 is 2.32 bits per heavy atom. The van der Waals surface area contributed by atoms with Crippen molar-refractivity contribution in [2.45, 2.75) is 18.6 Å². The first-order valence-electron chi connectivity index (χ1n) is 5.93. The molecular formula is C13H14N2O4. The normalized spacial score (nSPS) is 22.6. The Bertz CT molecular complexity index is 512. The molecule has 1 aliphatic rings. The molecule has 19 heavy (non-hydrogen) atoms. The van der Waals surface area contributed by atoms with Crippen LogP contribution in [0.5, 0.6) is 5.75 Å². The average Bonchev–Trinajstić information content (AvgIpc) is 2.41. The molecule has 1 aromatic carbocycles. The van der Waals surface area contributed by atoms with E-state index in [1.165, 1.54) is 0 Å². The van der Waals surface area contributed by atoms with E-state index in [2.05, 4.69) is 0 Å². The van der Waals surface area contributed by atoms with Crippen molar-refractivity contribution in [3.8, 4) is 11.8 Å². The van der Waals surface area contributed by atoms with Crippen molar-refractivity contribution < 1.29 is 19.7 Å². The first kappa shape index (κ1) is 13.2. The van der Waals surface area contributed by atoms with E-state index < -0.39 is 18.3 Å². The number of β-amino-alcohol motifs (C(OH)–C–C–N with tert-alkyl or cyclic N) is 1. The lowest BCUT2D eigenvalue weighted by Gasteiger charge is -2.34. The van der Waals surface area contributed by atoms with Crippen LogP contribution in [-0.4, -0.2) is 46.5 Å². The summed E-state index contributed by atoms with van der Waals surface area (Å²) < 4.78 is 5.62. The Hall–Kier alpha value is -2.26. The summed E-state index contributed by atoms with van der Waals surface area (Å²) in [4.78, 5) is 11.9. The van der Waals surface area contributed by atoms with Gasteiger partial charge < -0.3 is 19.8 Å². The summed E-state index contributed by atoms with van der Waals surface area (Å²) in [5, 5.41) is 27.5. The first-order valence-corrected chi connectivity index (χ1v) is 5.93. The zero-order valence-electron chi connectivity index (χ0n) is 10.2. The van der Waals surface area contributed by atoms with Crippen LogP contribution in [0.25, 0.3) is 0 Å². The number of aliphatic hydroxyl groups excluding tert-OH is 1. The molecule has 0 bridgehead atoms. The summed E-state index contributed by atoms with van der Waals surface area (Å²) in [6, 6.07) is 8.67. The monoisotopic (exact) mass is 262 g/mol. The second-order valence-electron chi connectivity index (χ2n) is 4.38. The number of carbonyl (C=O) groups is 1. The quantitative estimate of drug-likeness (QED) is 0.830. The van der Waals surface area contributed by atoms with Gasteiger partial charge in [0.25, 0.3) is 0 Å². The molecule has 1 heterocycles. The van der Waals surface area contributed by atoms with Crippen molar-refractivity contribution >= 4 is 6.09 Å². The maximum Gasteiger partial charge on any atom is 0.407 e. The molecule has 0 saturated carbocycles. The van der Waals surface area contributed by atoms with Gasteiger partial charge in [0.1, 0.15) is 18.0 Å². The molecule has 2 N–H and O–H groups in total. The number of ether oxygens (including phenoxy) is 1. The Balaban J connectivity index is 2.00. The van der Waals surface area contributed by atoms with Gasteiger partial charge in [0, 0.05) is 13.0 Å². The standard InChI is InChI=1S/C13H14N2O4/c14-7-9-2-1-3-10(6-9)19-12-4-5-15(13(17)18)8-11(12)16/h1-3,6,11-12,16H,4-5,8H2,(H,17,18). The van der Waals surface area contributed by atoms with Crippen LogP contribution < -0.4 is 4.74 Å². The molecule has 1 aliphatic heterocycles. The highest BCUT2D eigenvalue weighted by molar-refractivity contribution is 5.65. The highest BCUT2D eigenvalue weighted by Crippen LogP contribution is 2.20. The van der Waals surface area contributed by atoms with Crippen LogP contribution in [-0.2, 0) is 0 Å². The molecule has 2 rings (SSSR count). The number of nitriles is 1. The van der Waals surface area contributed by atoms with Gasteiger partial charge in [0.15, 0.2) is 0 Å². The fourth-order valence-corrected chi connectivity index (χ4v) is 2.04. The van der Waals surface area contributed by atoms with Gasteiger partial charge in [-0.1, -0.05) is 6.07 Å². The largest absolute Gasteiger partial charge is 0.488 e. The van der Waals surface area contributed by atoms with E-state index in [0.29, 0.717) is 24.3 Å². The van der Waals surface area contributed by atoms with E-state index in [-0.39, 0.29) is 6.54 Å².